The zero-order valence-electron chi connectivity index (χ0n) is 31.6. The molecule has 5 aromatic rings. The van der Waals surface area contributed by atoms with Crippen molar-refractivity contribution in [2.75, 3.05) is 31.3 Å². The summed E-state index contributed by atoms with van der Waals surface area (Å²) in [7, 11) is -6.23. The Morgan fingerprint density at radius 2 is 0.759 bits per heavy atom. The third-order valence-electron chi connectivity index (χ3n) is 8.16. The van der Waals surface area contributed by atoms with Crippen LogP contribution < -0.4 is 4.90 Å². The molecule has 0 N–H and O–H groups in total. The monoisotopic (exact) mass is 769 g/mol. The van der Waals surface area contributed by atoms with E-state index in [4.69, 9.17) is 18.1 Å². The third kappa shape index (κ3) is 12.3. The zero-order valence-corrected chi connectivity index (χ0v) is 33.3. The average molecular weight is 770 g/mol. The molecule has 9 nitrogen and oxygen atoms in total. The van der Waals surface area contributed by atoms with E-state index in [9.17, 15) is 18.7 Å². The average Bonchev–Trinajstić information content (AvgIpc) is 3.17. The van der Waals surface area contributed by atoms with Gasteiger partial charge in [-0.15, -0.1) is 0 Å². The Balaban J connectivity index is 0.000000246. The molecule has 0 bridgehead atoms. The van der Waals surface area contributed by atoms with Crippen molar-refractivity contribution in [1.29, 1.82) is 0 Å². The highest BCUT2D eigenvalue weighted by molar-refractivity contribution is 7.53. The largest absolute Gasteiger partial charge is 0.335 e. The summed E-state index contributed by atoms with van der Waals surface area (Å²) in [5, 5.41) is 0. The van der Waals surface area contributed by atoms with Gasteiger partial charge in [-0.05, 0) is 118 Å². The van der Waals surface area contributed by atoms with Crippen LogP contribution in [0.2, 0.25) is 0 Å². The van der Waals surface area contributed by atoms with Gasteiger partial charge in [0.25, 0.3) is 0 Å². The van der Waals surface area contributed by atoms with Crippen molar-refractivity contribution in [3.8, 4) is 11.1 Å². The molecular formula is C43H49NO8P2. The smallest absolute Gasteiger partial charge is 0.311 e. The molecule has 0 fully saturated rings. The molecule has 54 heavy (non-hydrogen) atoms. The lowest BCUT2D eigenvalue weighted by atomic mass is 10.0. The van der Waals surface area contributed by atoms with Crippen molar-refractivity contribution in [3.05, 3.63) is 149 Å². The van der Waals surface area contributed by atoms with Crippen molar-refractivity contribution in [1.82, 2.24) is 0 Å². The van der Waals surface area contributed by atoms with E-state index in [1.165, 1.54) is 5.56 Å². The first-order valence-electron chi connectivity index (χ1n) is 18.0. The van der Waals surface area contributed by atoms with Gasteiger partial charge < -0.3 is 23.0 Å². The molecule has 0 aliphatic rings. The van der Waals surface area contributed by atoms with Crippen LogP contribution in [0.15, 0.2) is 121 Å². The predicted molar refractivity (Wildman–Crippen MR) is 218 cm³/mol. The van der Waals surface area contributed by atoms with Crippen LogP contribution in [0.25, 0.3) is 11.1 Å². The Labute approximate surface area is 319 Å². The first-order chi connectivity index (χ1) is 26.1. The summed E-state index contributed by atoms with van der Waals surface area (Å²) in [6.45, 7) is 10.7. The number of carbonyl (C=O) groups excluding carboxylic acids is 2. The van der Waals surface area contributed by atoms with E-state index in [0.29, 0.717) is 37.6 Å². The molecule has 0 spiro atoms. The van der Waals surface area contributed by atoms with Gasteiger partial charge in [0, 0.05) is 28.2 Å². The number of hydrogen-bond donors (Lipinski definition) is 0. The number of hydrogen-bond acceptors (Lipinski definition) is 9. The van der Waals surface area contributed by atoms with E-state index >= 15 is 0 Å². The van der Waals surface area contributed by atoms with E-state index in [1.54, 1.807) is 52.0 Å². The second-order valence-electron chi connectivity index (χ2n) is 12.2. The Bertz CT molecular complexity index is 1850. The molecule has 0 heterocycles. The lowest BCUT2D eigenvalue weighted by Crippen LogP contribution is -2.10. The van der Waals surface area contributed by atoms with Crippen LogP contribution in [-0.4, -0.2) is 39.0 Å². The Morgan fingerprint density at radius 3 is 1.04 bits per heavy atom. The van der Waals surface area contributed by atoms with Crippen molar-refractivity contribution in [2.45, 2.75) is 46.9 Å². The summed E-state index contributed by atoms with van der Waals surface area (Å²) < 4.78 is 46.9. The fourth-order valence-corrected chi connectivity index (χ4v) is 9.05. The van der Waals surface area contributed by atoms with Gasteiger partial charge in [-0.2, -0.15) is 0 Å². The summed E-state index contributed by atoms with van der Waals surface area (Å²) in [5.41, 5.74) is 9.23. The predicted octanol–water partition coefficient (Wildman–Crippen LogP) is 12.0. The highest BCUT2D eigenvalue weighted by Crippen LogP contribution is 2.52. The van der Waals surface area contributed by atoms with Gasteiger partial charge >= 0.3 is 15.2 Å². The molecule has 0 aliphatic carbocycles. The lowest BCUT2D eigenvalue weighted by Gasteiger charge is -2.25. The SMILES string of the molecule is CCOP(=O)(Cc1ccc(-c2ccc(CP(=O)(OCC)OCC)cc2)cc1)OCC.Cc1ccc(N(c2ccc(C=O)cc2)c2ccc(C=O)cc2)cc1. The van der Waals surface area contributed by atoms with Crippen LogP contribution >= 0.6 is 15.2 Å². The van der Waals surface area contributed by atoms with Crippen LogP contribution in [0.4, 0.5) is 17.1 Å². The highest BCUT2D eigenvalue weighted by Gasteiger charge is 2.25. The molecule has 0 saturated carbocycles. The minimum Gasteiger partial charge on any atom is -0.311 e. The third-order valence-corrected chi connectivity index (χ3v) is 12.3. The summed E-state index contributed by atoms with van der Waals surface area (Å²) in [6, 6.07) is 38.7. The Hall–Kier alpha value is -4.46. The molecule has 284 valence electrons. The summed E-state index contributed by atoms with van der Waals surface area (Å²) in [5.74, 6) is 0. The van der Waals surface area contributed by atoms with Crippen molar-refractivity contribution in [2.24, 2.45) is 0 Å². The van der Waals surface area contributed by atoms with Gasteiger partial charge in [0.15, 0.2) is 0 Å². The minimum absolute atomic E-state index is 0.248. The Kier molecular flexibility index (Phi) is 16.3. The molecule has 5 rings (SSSR count). The number of rotatable bonds is 18. The van der Waals surface area contributed by atoms with Crippen LogP contribution in [0.3, 0.4) is 0 Å². The fraction of sp³-hybridized carbons (Fsp3) is 0.256. The second-order valence-corrected chi connectivity index (χ2v) is 16.3. The quantitative estimate of drug-likeness (QED) is 0.0635. The van der Waals surface area contributed by atoms with Gasteiger partial charge in [0.05, 0.1) is 38.8 Å². The number of nitrogens with zero attached hydrogens (tertiary/aromatic N) is 1. The highest BCUT2D eigenvalue weighted by atomic mass is 31.2. The maximum absolute atomic E-state index is 12.7. The van der Waals surface area contributed by atoms with Crippen LogP contribution in [0.1, 0.15) is 65.1 Å². The molecule has 0 atom stereocenters. The van der Waals surface area contributed by atoms with Crippen LogP contribution in [-0.2, 0) is 39.5 Å². The molecule has 0 aromatic heterocycles. The van der Waals surface area contributed by atoms with E-state index in [2.05, 4.69) is 29.2 Å². The second kappa shape index (κ2) is 20.8. The zero-order chi connectivity index (χ0) is 39.0. The van der Waals surface area contributed by atoms with Crippen LogP contribution in [0, 0.1) is 6.92 Å². The maximum atomic E-state index is 12.7. The number of benzene rings is 5. The van der Waals surface area contributed by atoms with Gasteiger partial charge in [0.2, 0.25) is 0 Å². The lowest BCUT2D eigenvalue weighted by molar-refractivity contribution is 0.111. The standard InChI is InChI=1S/C22H32O6P2.C21H17NO2/c1-5-25-29(23,26-6-2)17-19-9-13-21(14-10-19)22-15-11-20(12-16-22)18-30(24,27-7-3)28-8-4;1-16-2-8-19(9-3-16)22(20-10-4-17(14-23)5-11-20)21-12-6-18(15-24)7-13-21/h9-16H,5-8,17-18H2,1-4H3;2-15H,1H3. The first-order valence-corrected chi connectivity index (χ1v) is 21.5. The van der Waals surface area contributed by atoms with Gasteiger partial charge in [0.1, 0.15) is 12.6 Å². The number of aldehydes is 2. The number of aryl methyl sites for hydroxylation is 1. The molecule has 0 radical (unpaired) electrons. The van der Waals surface area contributed by atoms with E-state index in [0.717, 1.165) is 51.9 Å². The fourth-order valence-electron chi connectivity index (χ4n) is 5.64. The first kappa shape index (κ1) is 42.3. The number of carbonyl (C=O) groups is 2. The molecule has 5 aromatic carbocycles. The van der Waals surface area contributed by atoms with Crippen LogP contribution in [0.5, 0.6) is 0 Å². The maximum Gasteiger partial charge on any atom is 0.335 e. The molecule has 0 aliphatic heterocycles. The molecule has 0 amide bonds. The molecule has 0 saturated heterocycles. The Morgan fingerprint density at radius 1 is 0.463 bits per heavy atom. The van der Waals surface area contributed by atoms with Gasteiger partial charge in [-0.25, -0.2) is 0 Å². The van der Waals surface area contributed by atoms with Gasteiger partial charge in [-0.3, -0.25) is 18.7 Å². The normalized spacial score (nSPS) is 11.4. The summed E-state index contributed by atoms with van der Waals surface area (Å²) >= 11 is 0. The molecule has 0 unspecified atom stereocenters. The van der Waals surface area contributed by atoms with E-state index < -0.39 is 15.2 Å². The van der Waals surface area contributed by atoms with E-state index in [1.807, 2.05) is 79.7 Å². The van der Waals surface area contributed by atoms with Gasteiger partial charge in [-0.1, -0.05) is 66.2 Å². The van der Waals surface area contributed by atoms with Crippen molar-refractivity contribution < 1.29 is 36.8 Å². The molecule has 11 heteroatoms. The molecular weight excluding hydrogens is 720 g/mol. The van der Waals surface area contributed by atoms with Crippen molar-refractivity contribution in [3.63, 3.8) is 0 Å². The summed E-state index contributed by atoms with van der Waals surface area (Å²) in [4.78, 5) is 23.9. The number of anilines is 3. The topological polar surface area (TPSA) is 108 Å². The van der Waals surface area contributed by atoms with E-state index in [-0.39, 0.29) is 12.3 Å². The summed E-state index contributed by atoms with van der Waals surface area (Å²) in [6.07, 6.45) is 2.16. The minimum atomic E-state index is -3.12. The van der Waals surface area contributed by atoms with Crippen molar-refractivity contribution >= 4 is 44.8 Å².